The minimum Gasteiger partial charge on any atom is -0.379 e. The first-order chi connectivity index (χ1) is 13.7. The van der Waals surface area contributed by atoms with E-state index in [-0.39, 0.29) is 12.3 Å². The first-order valence-corrected chi connectivity index (χ1v) is 10.2. The number of hydrogen-bond donors (Lipinski definition) is 0. The molecule has 150 valence electrons. The Bertz CT molecular complexity index is 792. The Balaban J connectivity index is 1.27. The zero-order chi connectivity index (χ0) is 19.3. The van der Waals surface area contributed by atoms with Crippen LogP contribution in [0.5, 0.6) is 0 Å². The van der Waals surface area contributed by atoms with Gasteiger partial charge in [0.05, 0.1) is 13.2 Å². The molecule has 1 aromatic heterocycles. The molecule has 0 spiro atoms. The van der Waals surface area contributed by atoms with Crippen LogP contribution in [0.15, 0.2) is 28.8 Å². The van der Waals surface area contributed by atoms with Crippen molar-refractivity contribution in [1.82, 2.24) is 19.9 Å². The van der Waals surface area contributed by atoms with E-state index in [0.29, 0.717) is 17.6 Å². The summed E-state index contributed by atoms with van der Waals surface area (Å²) in [5.74, 6) is 1.67. The topological polar surface area (TPSA) is 71.7 Å². The van der Waals surface area contributed by atoms with Crippen molar-refractivity contribution >= 4 is 5.91 Å². The molecule has 28 heavy (non-hydrogen) atoms. The van der Waals surface area contributed by atoms with Crippen LogP contribution in [0.1, 0.15) is 24.3 Å². The van der Waals surface area contributed by atoms with Gasteiger partial charge in [-0.05, 0) is 31.2 Å². The van der Waals surface area contributed by atoms with Gasteiger partial charge in [0, 0.05) is 38.3 Å². The van der Waals surface area contributed by atoms with Crippen molar-refractivity contribution < 1.29 is 14.1 Å². The molecule has 2 fully saturated rings. The van der Waals surface area contributed by atoms with Gasteiger partial charge in [0.15, 0.2) is 0 Å². The molecule has 0 aliphatic carbocycles. The third-order valence-corrected chi connectivity index (χ3v) is 5.74. The maximum Gasteiger partial charge on any atom is 0.236 e. The van der Waals surface area contributed by atoms with E-state index in [1.807, 2.05) is 36.1 Å². The number of carbonyl (C=O) groups excluding carboxylic acids is 1. The number of benzene rings is 1. The highest BCUT2D eigenvalue weighted by atomic mass is 16.5. The maximum absolute atomic E-state index is 12.6. The highest BCUT2D eigenvalue weighted by Crippen LogP contribution is 2.22. The van der Waals surface area contributed by atoms with Gasteiger partial charge < -0.3 is 14.2 Å². The van der Waals surface area contributed by atoms with E-state index in [4.69, 9.17) is 9.26 Å². The highest BCUT2D eigenvalue weighted by molar-refractivity contribution is 5.78. The predicted molar refractivity (Wildman–Crippen MR) is 105 cm³/mol. The maximum atomic E-state index is 12.6. The molecular weight excluding hydrogens is 356 g/mol. The molecule has 3 heterocycles. The molecule has 7 nitrogen and oxygen atoms in total. The van der Waals surface area contributed by atoms with Gasteiger partial charge in [-0.15, -0.1) is 0 Å². The van der Waals surface area contributed by atoms with Gasteiger partial charge in [0.2, 0.25) is 17.6 Å². The van der Waals surface area contributed by atoms with Crippen molar-refractivity contribution in [2.45, 2.75) is 26.2 Å². The second-order valence-electron chi connectivity index (χ2n) is 7.74. The van der Waals surface area contributed by atoms with Gasteiger partial charge in [-0.1, -0.05) is 29.4 Å². The van der Waals surface area contributed by atoms with E-state index >= 15 is 0 Å². The fourth-order valence-electron chi connectivity index (χ4n) is 4.01. The summed E-state index contributed by atoms with van der Waals surface area (Å²) >= 11 is 0. The number of hydrogen-bond acceptors (Lipinski definition) is 6. The minimum atomic E-state index is 0.0739. The Morgan fingerprint density at radius 1 is 1.14 bits per heavy atom. The summed E-state index contributed by atoms with van der Waals surface area (Å²) in [6.07, 6.45) is 2.29. The van der Waals surface area contributed by atoms with Crippen LogP contribution in [0.3, 0.4) is 0 Å². The molecule has 1 amide bonds. The summed E-state index contributed by atoms with van der Waals surface area (Å²) in [5.41, 5.74) is 2.03. The number of rotatable bonds is 5. The average molecular weight is 384 g/mol. The molecule has 0 bridgehead atoms. The molecular formula is C21H28N4O3. The van der Waals surface area contributed by atoms with E-state index in [2.05, 4.69) is 15.0 Å². The molecule has 2 aliphatic heterocycles. The Kier molecular flexibility index (Phi) is 6.02. The molecule has 0 unspecified atom stereocenters. The summed E-state index contributed by atoms with van der Waals surface area (Å²) in [5, 5.41) is 4.05. The van der Waals surface area contributed by atoms with Crippen LogP contribution in [-0.4, -0.2) is 71.8 Å². The molecule has 0 saturated carbocycles. The van der Waals surface area contributed by atoms with Crippen LogP contribution < -0.4 is 0 Å². The lowest BCUT2D eigenvalue weighted by atomic mass is 9.96. The van der Waals surface area contributed by atoms with Crippen LogP contribution in [-0.2, 0) is 16.0 Å². The lowest BCUT2D eigenvalue weighted by Gasteiger charge is -2.36. The first kappa shape index (κ1) is 19.1. The molecule has 2 aliphatic rings. The van der Waals surface area contributed by atoms with Gasteiger partial charge in [-0.2, -0.15) is 4.98 Å². The highest BCUT2D eigenvalue weighted by Gasteiger charge is 2.26. The Morgan fingerprint density at radius 3 is 2.64 bits per heavy atom. The molecule has 0 atom stereocenters. The van der Waals surface area contributed by atoms with Crippen LogP contribution >= 0.6 is 0 Å². The van der Waals surface area contributed by atoms with Crippen molar-refractivity contribution in [2.75, 3.05) is 45.9 Å². The number of ether oxygens (including phenoxy) is 1. The van der Waals surface area contributed by atoms with Crippen molar-refractivity contribution in [3.8, 4) is 11.4 Å². The standard InChI is InChI=1S/C21H28N4O3/c1-16-4-2-3-5-18(16)21-22-19(28-23-21)14-20(26)25-8-6-17(7-9-25)15-24-10-12-27-13-11-24/h2-5,17H,6-15H2,1H3. The Labute approximate surface area is 165 Å². The van der Waals surface area contributed by atoms with E-state index < -0.39 is 0 Å². The zero-order valence-electron chi connectivity index (χ0n) is 16.5. The average Bonchev–Trinajstić information content (AvgIpc) is 3.18. The molecule has 2 aromatic rings. The molecule has 0 N–H and O–H groups in total. The predicted octanol–water partition coefficient (Wildman–Crippen LogP) is 2.16. The summed E-state index contributed by atoms with van der Waals surface area (Å²) in [7, 11) is 0. The molecule has 1 aromatic carbocycles. The first-order valence-electron chi connectivity index (χ1n) is 10.2. The van der Waals surface area contributed by atoms with Gasteiger partial charge in [0.25, 0.3) is 0 Å². The molecule has 0 radical (unpaired) electrons. The minimum absolute atomic E-state index is 0.0739. The number of morpholine rings is 1. The lowest BCUT2D eigenvalue weighted by molar-refractivity contribution is -0.132. The number of carbonyl (C=O) groups is 1. The molecule has 7 heteroatoms. The van der Waals surface area contributed by atoms with Crippen molar-refractivity contribution in [2.24, 2.45) is 5.92 Å². The van der Waals surface area contributed by atoms with Crippen LogP contribution in [0, 0.1) is 12.8 Å². The largest absolute Gasteiger partial charge is 0.379 e. The quantitative estimate of drug-likeness (QED) is 0.787. The summed E-state index contributed by atoms with van der Waals surface area (Å²) in [6.45, 7) is 8.49. The van der Waals surface area contributed by atoms with E-state index in [9.17, 15) is 4.79 Å². The fraction of sp³-hybridized carbons (Fsp3) is 0.571. The third kappa shape index (κ3) is 4.59. The third-order valence-electron chi connectivity index (χ3n) is 5.74. The van der Waals surface area contributed by atoms with E-state index in [1.165, 1.54) is 0 Å². The Morgan fingerprint density at radius 2 is 1.89 bits per heavy atom. The molecule has 4 rings (SSSR count). The van der Waals surface area contributed by atoms with Crippen molar-refractivity contribution in [1.29, 1.82) is 0 Å². The fourth-order valence-corrected chi connectivity index (χ4v) is 4.01. The number of likely N-dealkylation sites (tertiary alicyclic amines) is 1. The summed E-state index contributed by atoms with van der Waals surface area (Å²) in [4.78, 5) is 21.5. The van der Waals surface area contributed by atoms with Gasteiger partial charge in [-0.25, -0.2) is 0 Å². The van der Waals surface area contributed by atoms with Gasteiger partial charge >= 0.3 is 0 Å². The van der Waals surface area contributed by atoms with E-state index in [0.717, 1.165) is 69.9 Å². The second-order valence-corrected chi connectivity index (χ2v) is 7.74. The molecule has 2 saturated heterocycles. The van der Waals surface area contributed by atoms with Crippen LogP contribution in [0.25, 0.3) is 11.4 Å². The van der Waals surface area contributed by atoms with Gasteiger partial charge in [0.1, 0.15) is 6.42 Å². The second kappa shape index (κ2) is 8.84. The van der Waals surface area contributed by atoms with Crippen LogP contribution in [0.2, 0.25) is 0 Å². The summed E-state index contributed by atoms with van der Waals surface area (Å²) in [6, 6.07) is 7.90. The van der Waals surface area contributed by atoms with Crippen molar-refractivity contribution in [3.05, 3.63) is 35.7 Å². The normalized spacial score (nSPS) is 19.1. The van der Waals surface area contributed by atoms with Crippen LogP contribution in [0.4, 0.5) is 0 Å². The zero-order valence-corrected chi connectivity index (χ0v) is 16.5. The number of nitrogens with zero attached hydrogens (tertiary/aromatic N) is 4. The number of aromatic nitrogens is 2. The smallest absolute Gasteiger partial charge is 0.236 e. The van der Waals surface area contributed by atoms with Gasteiger partial charge in [-0.3, -0.25) is 9.69 Å². The van der Waals surface area contributed by atoms with Crippen molar-refractivity contribution in [3.63, 3.8) is 0 Å². The van der Waals surface area contributed by atoms with E-state index in [1.54, 1.807) is 0 Å². The number of amides is 1. The monoisotopic (exact) mass is 384 g/mol. The SMILES string of the molecule is Cc1ccccc1-c1noc(CC(=O)N2CCC(CN3CCOCC3)CC2)n1. The Hall–Kier alpha value is -2.25. The summed E-state index contributed by atoms with van der Waals surface area (Å²) < 4.78 is 10.7. The lowest BCUT2D eigenvalue weighted by Crippen LogP contribution is -2.44. The number of aryl methyl sites for hydroxylation is 1. The number of piperidine rings is 1.